The Kier molecular flexibility index (Phi) is 8.36. The number of para-hydroxylation sites is 2. The Morgan fingerprint density at radius 2 is 0.844 bits per heavy atom. The molecule has 3 heterocycles. The number of benzene rings is 10. The molecule has 0 radical (unpaired) electrons. The van der Waals surface area contributed by atoms with E-state index >= 15 is 0 Å². The minimum Gasteiger partial charge on any atom is -0.309 e. The summed E-state index contributed by atoms with van der Waals surface area (Å²) in [6.07, 6.45) is 0. The zero-order valence-electron chi connectivity index (χ0n) is 34.5. The van der Waals surface area contributed by atoms with Crippen molar-refractivity contribution in [1.29, 1.82) is 0 Å². The van der Waals surface area contributed by atoms with E-state index in [-0.39, 0.29) is 0 Å². The van der Waals surface area contributed by atoms with E-state index < -0.39 is 0 Å². The maximum Gasteiger partial charge on any atom is 0.164 e. The number of nitrogens with zero attached hydrogens (tertiary/aromatic N) is 4. The fourth-order valence-electron chi connectivity index (χ4n) is 9.60. The predicted molar refractivity (Wildman–Crippen MR) is 269 cm³/mol. The zero-order chi connectivity index (χ0) is 42.1. The van der Waals surface area contributed by atoms with Gasteiger partial charge in [-0.15, -0.1) is 11.3 Å². The van der Waals surface area contributed by atoms with Gasteiger partial charge in [0.25, 0.3) is 0 Å². The second-order valence-electron chi connectivity index (χ2n) is 16.4. The highest BCUT2D eigenvalue weighted by atomic mass is 32.1. The van der Waals surface area contributed by atoms with Crippen molar-refractivity contribution < 1.29 is 0 Å². The predicted octanol–water partition coefficient (Wildman–Crippen LogP) is 16.0. The summed E-state index contributed by atoms with van der Waals surface area (Å²) in [5.41, 5.74) is 10.9. The molecule has 3 aromatic heterocycles. The van der Waals surface area contributed by atoms with Gasteiger partial charge in [-0.3, -0.25) is 0 Å². The molecule has 0 aliphatic heterocycles. The van der Waals surface area contributed by atoms with E-state index in [2.05, 4.69) is 205 Å². The third-order valence-corrected chi connectivity index (χ3v) is 13.8. The molecule has 0 saturated carbocycles. The van der Waals surface area contributed by atoms with Crippen LogP contribution >= 0.6 is 11.3 Å². The maximum absolute atomic E-state index is 5.14. The molecule has 0 atom stereocenters. The molecule has 0 fully saturated rings. The van der Waals surface area contributed by atoms with Crippen LogP contribution in [0.1, 0.15) is 0 Å². The number of hydrogen-bond acceptors (Lipinski definition) is 4. The number of rotatable bonds is 6. The van der Waals surface area contributed by atoms with Gasteiger partial charge in [0.2, 0.25) is 0 Å². The van der Waals surface area contributed by atoms with Crippen molar-refractivity contribution in [3.63, 3.8) is 0 Å². The van der Waals surface area contributed by atoms with Crippen molar-refractivity contribution in [3.05, 3.63) is 218 Å². The average Bonchev–Trinajstić information content (AvgIpc) is 3.93. The Balaban J connectivity index is 0.874. The van der Waals surface area contributed by atoms with Crippen LogP contribution in [0.5, 0.6) is 0 Å². The van der Waals surface area contributed by atoms with Crippen molar-refractivity contribution in [3.8, 4) is 62.1 Å². The molecule has 0 bridgehead atoms. The monoisotopic (exact) mass is 832 g/mol. The van der Waals surface area contributed by atoms with Crippen LogP contribution in [0.15, 0.2) is 218 Å². The standard InChI is InChI=1S/C59H36N4S/c1-2-14-41(15-3-1)57-60-58(62-59(61-57)44-16-12-17-45(35-44)63-51-22-9-6-19-47(51)48-20-7-10-23-52(48)63)42-32-27-38(28-33-42)37-25-29-40(30-26-37)50-36-43-34-31-39-13-4-5-18-46(39)54(43)56-55(50)49-21-8-11-24-53(49)64-56/h1-36H. The number of fused-ring (bicyclic) bond motifs is 10. The van der Waals surface area contributed by atoms with Gasteiger partial charge in [-0.05, 0) is 74.8 Å². The van der Waals surface area contributed by atoms with Gasteiger partial charge < -0.3 is 4.57 Å². The lowest BCUT2D eigenvalue weighted by Gasteiger charge is -2.12. The van der Waals surface area contributed by atoms with Crippen LogP contribution in [0.3, 0.4) is 0 Å². The molecule has 13 rings (SSSR count). The van der Waals surface area contributed by atoms with E-state index in [4.69, 9.17) is 15.0 Å². The van der Waals surface area contributed by atoms with Gasteiger partial charge in [-0.1, -0.05) is 182 Å². The zero-order valence-corrected chi connectivity index (χ0v) is 35.3. The summed E-state index contributed by atoms with van der Waals surface area (Å²) in [6, 6.07) is 78.0. The third kappa shape index (κ3) is 5.93. The first kappa shape index (κ1) is 36.4. The topological polar surface area (TPSA) is 43.6 Å². The van der Waals surface area contributed by atoms with Crippen LogP contribution in [0, 0.1) is 0 Å². The molecular formula is C59H36N4S. The molecule has 13 aromatic rings. The summed E-state index contributed by atoms with van der Waals surface area (Å²) in [7, 11) is 0. The van der Waals surface area contributed by atoms with Crippen molar-refractivity contribution in [1.82, 2.24) is 19.5 Å². The quantitative estimate of drug-likeness (QED) is 0.157. The fraction of sp³-hybridized carbons (Fsp3) is 0. The summed E-state index contributed by atoms with van der Waals surface area (Å²) >= 11 is 1.90. The van der Waals surface area contributed by atoms with Gasteiger partial charge in [-0.25, -0.2) is 15.0 Å². The maximum atomic E-state index is 5.14. The van der Waals surface area contributed by atoms with Crippen molar-refractivity contribution in [2.45, 2.75) is 0 Å². The van der Waals surface area contributed by atoms with Crippen LogP contribution < -0.4 is 0 Å². The van der Waals surface area contributed by atoms with E-state index in [0.717, 1.165) is 44.5 Å². The molecule has 0 aliphatic carbocycles. The summed E-state index contributed by atoms with van der Waals surface area (Å²) in [5.74, 6) is 1.89. The molecule has 64 heavy (non-hydrogen) atoms. The molecule has 5 heteroatoms. The van der Waals surface area contributed by atoms with Crippen LogP contribution in [0.4, 0.5) is 0 Å². The summed E-state index contributed by atoms with van der Waals surface area (Å²) in [6.45, 7) is 0. The van der Waals surface area contributed by atoms with Crippen LogP contribution in [-0.2, 0) is 0 Å². The Morgan fingerprint density at radius 1 is 0.328 bits per heavy atom. The van der Waals surface area contributed by atoms with E-state index in [9.17, 15) is 0 Å². The Hall–Kier alpha value is -8.25. The Bertz CT molecular complexity index is 3890. The minimum atomic E-state index is 0.625. The third-order valence-electron chi connectivity index (χ3n) is 12.6. The van der Waals surface area contributed by atoms with Gasteiger partial charge in [0.05, 0.1) is 11.0 Å². The fourth-order valence-corrected chi connectivity index (χ4v) is 10.9. The van der Waals surface area contributed by atoms with E-state index in [1.807, 2.05) is 29.5 Å². The van der Waals surface area contributed by atoms with Gasteiger partial charge in [0.15, 0.2) is 17.5 Å². The highest BCUT2D eigenvalue weighted by molar-refractivity contribution is 7.27. The normalized spacial score (nSPS) is 11.8. The lowest BCUT2D eigenvalue weighted by atomic mass is 9.92. The molecule has 10 aromatic carbocycles. The number of hydrogen-bond donors (Lipinski definition) is 0. The molecule has 0 unspecified atom stereocenters. The molecule has 0 N–H and O–H groups in total. The van der Waals surface area contributed by atoms with E-state index in [0.29, 0.717) is 17.5 Å². The van der Waals surface area contributed by atoms with Crippen molar-refractivity contribution in [2.24, 2.45) is 0 Å². The Morgan fingerprint density at radius 3 is 1.55 bits per heavy atom. The largest absolute Gasteiger partial charge is 0.309 e. The second kappa shape index (κ2) is 14.7. The molecular weight excluding hydrogens is 797 g/mol. The van der Waals surface area contributed by atoms with E-state index in [1.165, 1.54) is 63.6 Å². The first-order valence-corrected chi connectivity index (χ1v) is 22.4. The second-order valence-corrected chi connectivity index (χ2v) is 17.4. The lowest BCUT2D eigenvalue weighted by Crippen LogP contribution is -2.01. The van der Waals surface area contributed by atoms with Crippen molar-refractivity contribution in [2.75, 3.05) is 0 Å². The van der Waals surface area contributed by atoms with Crippen molar-refractivity contribution >= 4 is 74.9 Å². The molecule has 0 saturated heterocycles. The number of thiophene rings is 1. The SMILES string of the molecule is c1ccc(-c2nc(-c3ccc(-c4ccc(-c5cc6ccc7ccccc7c6c6sc7ccccc7c56)cc4)cc3)nc(-c3cccc(-n4c5ccccc5c5ccccc54)c3)n2)cc1. The summed E-state index contributed by atoms with van der Waals surface area (Å²) in [4.78, 5) is 15.3. The first-order valence-electron chi connectivity index (χ1n) is 21.6. The van der Waals surface area contributed by atoms with Gasteiger partial charge in [0.1, 0.15) is 0 Å². The summed E-state index contributed by atoms with van der Waals surface area (Å²) in [5, 5.41) is 10.3. The van der Waals surface area contributed by atoms with E-state index in [1.54, 1.807) is 0 Å². The average molecular weight is 833 g/mol. The Labute approximate surface area is 373 Å². The minimum absolute atomic E-state index is 0.625. The molecule has 4 nitrogen and oxygen atoms in total. The van der Waals surface area contributed by atoms with Crippen LogP contribution in [0.25, 0.3) is 126 Å². The van der Waals surface area contributed by atoms with Gasteiger partial charge in [-0.2, -0.15) is 0 Å². The highest BCUT2D eigenvalue weighted by Gasteiger charge is 2.18. The molecule has 0 spiro atoms. The first-order chi connectivity index (χ1) is 31.7. The summed E-state index contributed by atoms with van der Waals surface area (Å²) < 4.78 is 4.98. The molecule has 0 aliphatic rings. The van der Waals surface area contributed by atoms with Crippen LogP contribution in [-0.4, -0.2) is 19.5 Å². The molecule has 0 amide bonds. The van der Waals surface area contributed by atoms with Gasteiger partial charge in [0, 0.05) is 58.7 Å². The number of aromatic nitrogens is 4. The van der Waals surface area contributed by atoms with Crippen LogP contribution in [0.2, 0.25) is 0 Å². The highest BCUT2D eigenvalue weighted by Crippen LogP contribution is 2.46. The smallest absolute Gasteiger partial charge is 0.164 e. The lowest BCUT2D eigenvalue weighted by molar-refractivity contribution is 1.07. The molecule has 298 valence electrons. The van der Waals surface area contributed by atoms with Gasteiger partial charge >= 0.3 is 0 Å².